The minimum absolute atomic E-state index is 0.0258. The lowest BCUT2D eigenvalue weighted by Crippen LogP contribution is -2.00. The van der Waals surface area contributed by atoms with Crippen molar-refractivity contribution in [2.45, 2.75) is 26.6 Å². The van der Waals surface area contributed by atoms with Crippen molar-refractivity contribution in [1.82, 2.24) is 4.98 Å². The van der Waals surface area contributed by atoms with Crippen LogP contribution in [0.3, 0.4) is 0 Å². The molecule has 0 unspecified atom stereocenters. The van der Waals surface area contributed by atoms with Crippen molar-refractivity contribution in [3.63, 3.8) is 0 Å². The Morgan fingerprint density at radius 1 is 1.48 bits per heavy atom. The molecule has 0 aliphatic rings. The number of hydrogen-bond donors (Lipinski definition) is 0. The molecule has 0 aliphatic carbocycles. The van der Waals surface area contributed by atoms with Gasteiger partial charge in [-0.15, -0.1) is 11.3 Å². The molecule has 2 aromatic rings. The number of methoxy groups -OCH3 is 1. The highest BCUT2D eigenvalue weighted by Crippen LogP contribution is 2.27. The smallest absolute Gasteiger partial charge is 0.159 e. The predicted molar refractivity (Wildman–Crippen MR) is 83.3 cm³/mol. The molecule has 112 valence electrons. The maximum absolute atomic E-state index is 11.3. The van der Waals surface area contributed by atoms with Gasteiger partial charge < -0.3 is 9.47 Å². The van der Waals surface area contributed by atoms with Crippen LogP contribution in [0.5, 0.6) is 5.75 Å². The maximum Gasteiger partial charge on any atom is 0.159 e. The number of thiazole rings is 1. The molecule has 21 heavy (non-hydrogen) atoms. The third-order valence-electron chi connectivity index (χ3n) is 2.98. The lowest BCUT2D eigenvalue weighted by Gasteiger charge is -2.07. The van der Waals surface area contributed by atoms with E-state index in [1.807, 2.05) is 12.3 Å². The summed E-state index contributed by atoms with van der Waals surface area (Å²) in [4.78, 5) is 15.7. The van der Waals surface area contributed by atoms with Crippen LogP contribution in [-0.2, 0) is 11.3 Å². The Labute approximate surface area is 132 Å². The van der Waals surface area contributed by atoms with E-state index in [1.165, 1.54) is 18.3 Å². The number of carbonyl (C=O) groups is 1. The average Bonchev–Trinajstić information content (AvgIpc) is 2.93. The second-order valence-electron chi connectivity index (χ2n) is 4.55. The van der Waals surface area contributed by atoms with Gasteiger partial charge in [-0.3, -0.25) is 4.79 Å². The van der Waals surface area contributed by atoms with Gasteiger partial charge in [-0.25, -0.2) is 4.98 Å². The number of ether oxygens (including phenoxy) is 2. The quantitative estimate of drug-likeness (QED) is 0.743. The molecule has 1 heterocycles. The minimum atomic E-state index is -0.0267. The van der Waals surface area contributed by atoms with Crippen LogP contribution in [0.25, 0.3) is 0 Å². The lowest BCUT2D eigenvalue weighted by atomic mass is 10.1. The molecular formula is C15H16ClNO3S. The maximum atomic E-state index is 11.3. The monoisotopic (exact) mass is 325 g/mol. The van der Waals surface area contributed by atoms with E-state index in [0.29, 0.717) is 22.9 Å². The normalized spacial score (nSPS) is 12.2. The van der Waals surface area contributed by atoms with Crippen molar-refractivity contribution >= 4 is 28.7 Å². The van der Waals surface area contributed by atoms with E-state index in [9.17, 15) is 4.79 Å². The highest BCUT2D eigenvalue weighted by molar-refractivity contribution is 7.09. The molecule has 0 radical (unpaired) electrons. The van der Waals surface area contributed by atoms with E-state index in [2.05, 4.69) is 4.98 Å². The van der Waals surface area contributed by atoms with Crippen molar-refractivity contribution in [2.75, 3.05) is 7.11 Å². The van der Waals surface area contributed by atoms with E-state index in [-0.39, 0.29) is 11.9 Å². The molecule has 0 saturated carbocycles. The van der Waals surface area contributed by atoms with E-state index in [4.69, 9.17) is 21.1 Å². The highest BCUT2D eigenvalue weighted by Gasteiger charge is 2.11. The van der Waals surface area contributed by atoms with Crippen molar-refractivity contribution in [3.8, 4) is 5.75 Å². The lowest BCUT2D eigenvalue weighted by molar-refractivity contribution is 0.101. The van der Waals surface area contributed by atoms with Gasteiger partial charge in [0.15, 0.2) is 5.78 Å². The molecule has 0 spiro atoms. The Morgan fingerprint density at radius 2 is 2.24 bits per heavy atom. The van der Waals surface area contributed by atoms with Crippen molar-refractivity contribution in [2.24, 2.45) is 0 Å². The largest absolute Gasteiger partial charge is 0.486 e. The first-order valence-electron chi connectivity index (χ1n) is 6.41. The second kappa shape index (κ2) is 7.02. The number of hydrogen-bond acceptors (Lipinski definition) is 5. The number of carbonyl (C=O) groups excluding carboxylic acids is 1. The predicted octanol–water partition coefficient (Wildman–Crippen LogP) is 4.29. The molecule has 1 aromatic carbocycles. The Bertz CT molecular complexity index is 642. The average molecular weight is 326 g/mol. The molecule has 0 fully saturated rings. The summed E-state index contributed by atoms with van der Waals surface area (Å²) in [6.07, 6.45) is -0.0258. The fraction of sp³-hybridized carbons (Fsp3) is 0.333. The molecule has 4 nitrogen and oxygen atoms in total. The summed E-state index contributed by atoms with van der Waals surface area (Å²) in [7, 11) is 1.65. The van der Waals surface area contributed by atoms with Crippen LogP contribution in [0.2, 0.25) is 5.02 Å². The van der Waals surface area contributed by atoms with Crippen molar-refractivity contribution in [1.29, 1.82) is 0 Å². The first kappa shape index (κ1) is 15.9. The van der Waals surface area contributed by atoms with Gasteiger partial charge in [0.2, 0.25) is 0 Å². The van der Waals surface area contributed by atoms with E-state index < -0.39 is 0 Å². The number of ketones is 1. The zero-order chi connectivity index (χ0) is 15.4. The fourth-order valence-corrected chi connectivity index (χ4v) is 2.74. The Hall–Kier alpha value is -1.43. The summed E-state index contributed by atoms with van der Waals surface area (Å²) in [5.74, 6) is 0.511. The minimum Gasteiger partial charge on any atom is -0.486 e. The topological polar surface area (TPSA) is 48.4 Å². The Balaban J connectivity index is 2.03. The molecule has 1 aromatic heterocycles. The van der Waals surface area contributed by atoms with Crippen LogP contribution >= 0.6 is 22.9 Å². The molecule has 0 N–H and O–H groups in total. The van der Waals surface area contributed by atoms with Gasteiger partial charge in [-0.1, -0.05) is 11.6 Å². The molecule has 0 saturated heterocycles. The second-order valence-corrected chi connectivity index (χ2v) is 5.84. The van der Waals surface area contributed by atoms with Crippen molar-refractivity contribution in [3.05, 3.63) is 44.9 Å². The summed E-state index contributed by atoms with van der Waals surface area (Å²) in [6.45, 7) is 3.77. The van der Waals surface area contributed by atoms with Crippen LogP contribution < -0.4 is 4.74 Å². The van der Waals surface area contributed by atoms with Crippen molar-refractivity contribution < 1.29 is 14.3 Å². The van der Waals surface area contributed by atoms with Crippen LogP contribution in [0.15, 0.2) is 23.6 Å². The van der Waals surface area contributed by atoms with Crippen LogP contribution in [0.4, 0.5) is 0 Å². The fourth-order valence-electron chi connectivity index (χ4n) is 1.67. The third kappa shape index (κ3) is 4.03. The summed E-state index contributed by atoms with van der Waals surface area (Å²) in [5.41, 5.74) is 1.39. The number of rotatable bonds is 6. The standard InChI is InChI=1S/C15H16ClNO3S/c1-9(18)11-4-5-14(13(16)6-11)20-7-12-8-21-15(17-12)10(2)19-3/h4-6,8,10H,7H2,1-3H3/t10-/m1/s1. The number of halogens is 1. The van der Waals surface area contributed by atoms with Gasteiger partial charge in [-0.2, -0.15) is 0 Å². The molecule has 0 aliphatic heterocycles. The molecule has 0 amide bonds. The summed E-state index contributed by atoms with van der Waals surface area (Å²) < 4.78 is 10.9. The van der Waals surface area contributed by atoms with Gasteiger partial charge in [0.1, 0.15) is 23.5 Å². The number of benzene rings is 1. The van der Waals surface area contributed by atoms with E-state index in [1.54, 1.807) is 25.3 Å². The number of Topliss-reactive ketones (excluding diaryl/α,β-unsaturated/α-hetero) is 1. The van der Waals surface area contributed by atoms with E-state index >= 15 is 0 Å². The first-order valence-corrected chi connectivity index (χ1v) is 7.67. The van der Waals surface area contributed by atoms with Gasteiger partial charge >= 0.3 is 0 Å². The van der Waals surface area contributed by atoms with E-state index in [0.717, 1.165) is 10.7 Å². The molecular weight excluding hydrogens is 310 g/mol. The summed E-state index contributed by atoms with van der Waals surface area (Å²) in [6, 6.07) is 5.01. The van der Waals surface area contributed by atoms with Gasteiger partial charge in [-0.05, 0) is 32.0 Å². The zero-order valence-corrected chi connectivity index (χ0v) is 13.6. The number of nitrogens with zero attached hydrogens (tertiary/aromatic N) is 1. The molecule has 6 heteroatoms. The summed E-state index contributed by atoms with van der Waals surface area (Å²) in [5, 5.41) is 3.26. The van der Waals surface area contributed by atoms with Crippen LogP contribution in [0.1, 0.15) is 41.0 Å². The number of aromatic nitrogens is 1. The van der Waals surface area contributed by atoms with Gasteiger partial charge in [0, 0.05) is 18.1 Å². The Kier molecular flexibility index (Phi) is 5.33. The molecule has 2 rings (SSSR count). The molecule has 0 bridgehead atoms. The van der Waals surface area contributed by atoms with Crippen LogP contribution in [0, 0.1) is 0 Å². The zero-order valence-electron chi connectivity index (χ0n) is 12.1. The third-order valence-corrected chi connectivity index (χ3v) is 4.33. The first-order chi connectivity index (χ1) is 10.0. The van der Waals surface area contributed by atoms with Gasteiger partial charge in [0.25, 0.3) is 0 Å². The van der Waals surface area contributed by atoms with Crippen LogP contribution in [-0.4, -0.2) is 17.9 Å². The Morgan fingerprint density at radius 3 is 2.86 bits per heavy atom. The molecule has 1 atom stereocenters. The SMILES string of the molecule is CO[C@H](C)c1nc(COc2ccc(C(C)=O)cc2Cl)cs1. The summed E-state index contributed by atoms with van der Waals surface area (Å²) >= 11 is 7.64. The highest BCUT2D eigenvalue weighted by atomic mass is 35.5. The van der Waals surface area contributed by atoms with Gasteiger partial charge in [0.05, 0.1) is 10.7 Å².